The average Bonchev–Trinajstić information content (AvgIpc) is 2.39. The highest BCUT2D eigenvalue weighted by molar-refractivity contribution is 6.31. The molecule has 0 saturated carbocycles. The van der Waals surface area contributed by atoms with E-state index in [2.05, 4.69) is 24.0 Å². The fourth-order valence-electron chi connectivity index (χ4n) is 3.19. The summed E-state index contributed by atoms with van der Waals surface area (Å²) in [5.74, 6) is 0.175. The standard InChI is InChI=1S/C16H24ClNO/c1-11(10-19)16(18(2)3)14-8-12-6-4-5-7-13(12)9-15(14)17/h8-9,11,16,19H,4-7,10H2,1-3H3. The molecule has 106 valence electrons. The Bertz CT molecular complexity index is 445. The van der Waals surface area contributed by atoms with E-state index in [1.807, 2.05) is 14.1 Å². The van der Waals surface area contributed by atoms with Crippen molar-refractivity contribution in [3.8, 4) is 0 Å². The Morgan fingerprint density at radius 3 is 2.32 bits per heavy atom. The molecule has 2 nitrogen and oxygen atoms in total. The van der Waals surface area contributed by atoms with Crippen LogP contribution >= 0.6 is 11.6 Å². The number of fused-ring (bicyclic) bond motifs is 1. The Hall–Kier alpha value is -0.570. The van der Waals surface area contributed by atoms with Crippen LogP contribution in [0.2, 0.25) is 5.02 Å². The lowest BCUT2D eigenvalue weighted by atomic mass is 9.86. The molecule has 0 aromatic heterocycles. The van der Waals surface area contributed by atoms with E-state index in [4.69, 9.17) is 11.6 Å². The Balaban J connectivity index is 2.42. The third kappa shape index (κ3) is 3.13. The number of nitrogens with zero attached hydrogens (tertiary/aromatic N) is 1. The van der Waals surface area contributed by atoms with Gasteiger partial charge in [0, 0.05) is 17.7 Å². The van der Waals surface area contributed by atoms with Crippen LogP contribution in [0.3, 0.4) is 0 Å². The van der Waals surface area contributed by atoms with Crippen LogP contribution in [0.25, 0.3) is 0 Å². The van der Waals surface area contributed by atoms with E-state index in [1.54, 1.807) is 0 Å². The van der Waals surface area contributed by atoms with Crippen molar-refractivity contribution < 1.29 is 5.11 Å². The number of aliphatic hydroxyl groups excluding tert-OH is 1. The zero-order valence-corrected chi connectivity index (χ0v) is 12.9. The highest BCUT2D eigenvalue weighted by atomic mass is 35.5. The molecule has 0 radical (unpaired) electrons. The molecule has 3 heteroatoms. The van der Waals surface area contributed by atoms with Crippen LogP contribution in [-0.4, -0.2) is 30.7 Å². The Morgan fingerprint density at radius 1 is 1.21 bits per heavy atom. The topological polar surface area (TPSA) is 23.5 Å². The number of aryl methyl sites for hydroxylation is 2. The van der Waals surface area contributed by atoms with Gasteiger partial charge in [0.25, 0.3) is 0 Å². The predicted molar refractivity (Wildman–Crippen MR) is 80.8 cm³/mol. The number of benzene rings is 1. The first kappa shape index (κ1) is 14.8. The molecular weight excluding hydrogens is 258 g/mol. The minimum Gasteiger partial charge on any atom is -0.396 e. The van der Waals surface area contributed by atoms with Crippen LogP contribution in [-0.2, 0) is 12.8 Å². The Labute approximate surface area is 121 Å². The molecule has 0 heterocycles. The second kappa shape index (κ2) is 6.25. The lowest BCUT2D eigenvalue weighted by molar-refractivity contribution is 0.145. The van der Waals surface area contributed by atoms with Crippen molar-refractivity contribution in [2.24, 2.45) is 5.92 Å². The highest BCUT2D eigenvalue weighted by Crippen LogP contribution is 2.35. The molecule has 2 atom stereocenters. The van der Waals surface area contributed by atoms with Gasteiger partial charge >= 0.3 is 0 Å². The van der Waals surface area contributed by atoms with Gasteiger partial charge in [0.1, 0.15) is 0 Å². The van der Waals surface area contributed by atoms with Crippen molar-refractivity contribution in [1.82, 2.24) is 4.90 Å². The molecule has 19 heavy (non-hydrogen) atoms. The van der Waals surface area contributed by atoms with E-state index >= 15 is 0 Å². The molecule has 2 rings (SSSR count). The van der Waals surface area contributed by atoms with Crippen molar-refractivity contribution >= 4 is 11.6 Å². The maximum absolute atomic E-state index is 9.47. The second-order valence-electron chi connectivity index (χ2n) is 5.92. The third-order valence-corrected chi connectivity index (χ3v) is 4.49. The number of rotatable bonds is 4. The van der Waals surface area contributed by atoms with Crippen LogP contribution in [0.1, 0.15) is 42.5 Å². The highest BCUT2D eigenvalue weighted by Gasteiger charge is 2.25. The van der Waals surface area contributed by atoms with E-state index in [1.165, 1.54) is 24.0 Å². The fourth-order valence-corrected chi connectivity index (χ4v) is 3.49. The summed E-state index contributed by atoms with van der Waals surface area (Å²) in [7, 11) is 4.10. The van der Waals surface area contributed by atoms with Gasteiger partial charge in [-0.15, -0.1) is 0 Å². The molecule has 1 aliphatic rings. The van der Waals surface area contributed by atoms with Gasteiger partial charge in [-0.2, -0.15) is 0 Å². The van der Waals surface area contributed by atoms with Crippen LogP contribution < -0.4 is 0 Å². The third-order valence-electron chi connectivity index (χ3n) is 4.16. The van der Waals surface area contributed by atoms with Gasteiger partial charge < -0.3 is 10.0 Å². The maximum Gasteiger partial charge on any atom is 0.0474 e. The molecular formula is C16H24ClNO. The number of hydrogen-bond donors (Lipinski definition) is 1. The molecule has 1 aliphatic carbocycles. The van der Waals surface area contributed by atoms with Crippen LogP contribution in [0.15, 0.2) is 12.1 Å². The lowest BCUT2D eigenvalue weighted by Gasteiger charge is -2.31. The summed E-state index contributed by atoms with van der Waals surface area (Å²) in [6.45, 7) is 2.25. The maximum atomic E-state index is 9.47. The Morgan fingerprint density at radius 2 is 1.79 bits per heavy atom. The van der Waals surface area contributed by atoms with E-state index in [0.29, 0.717) is 0 Å². The molecule has 0 saturated heterocycles. The first-order valence-corrected chi connectivity index (χ1v) is 7.51. The first-order valence-electron chi connectivity index (χ1n) is 7.13. The van der Waals surface area contributed by atoms with E-state index < -0.39 is 0 Å². The fraction of sp³-hybridized carbons (Fsp3) is 0.625. The molecule has 1 aromatic carbocycles. The van der Waals surface area contributed by atoms with E-state index in [9.17, 15) is 5.11 Å². The Kier molecular flexibility index (Phi) is 4.88. The molecule has 0 aliphatic heterocycles. The van der Waals surface area contributed by atoms with Gasteiger partial charge in [0.15, 0.2) is 0 Å². The smallest absolute Gasteiger partial charge is 0.0474 e. The van der Waals surface area contributed by atoms with Gasteiger partial charge in [0.05, 0.1) is 0 Å². The van der Waals surface area contributed by atoms with Crippen LogP contribution in [0, 0.1) is 5.92 Å². The van der Waals surface area contributed by atoms with Crippen molar-refractivity contribution in [3.05, 3.63) is 33.8 Å². The number of hydrogen-bond acceptors (Lipinski definition) is 2. The van der Waals surface area contributed by atoms with Crippen LogP contribution in [0.4, 0.5) is 0 Å². The largest absolute Gasteiger partial charge is 0.396 e. The summed E-state index contributed by atoms with van der Waals surface area (Å²) in [6, 6.07) is 4.59. The zero-order valence-electron chi connectivity index (χ0n) is 12.1. The number of halogens is 1. The summed E-state index contributed by atoms with van der Waals surface area (Å²) >= 11 is 6.49. The summed E-state index contributed by atoms with van der Waals surface area (Å²) in [5, 5.41) is 10.3. The predicted octanol–water partition coefficient (Wildman–Crippen LogP) is 3.45. The van der Waals surface area contributed by atoms with E-state index in [0.717, 1.165) is 23.4 Å². The molecule has 0 fully saturated rings. The molecule has 0 amide bonds. The first-order chi connectivity index (χ1) is 9.04. The molecule has 0 bridgehead atoms. The minimum atomic E-state index is 0.171. The van der Waals surface area contributed by atoms with Crippen LogP contribution in [0.5, 0.6) is 0 Å². The van der Waals surface area contributed by atoms with Gasteiger partial charge in [-0.1, -0.05) is 24.6 Å². The molecule has 2 unspecified atom stereocenters. The minimum absolute atomic E-state index is 0.171. The average molecular weight is 282 g/mol. The van der Waals surface area contributed by atoms with E-state index in [-0.39, 0.29) is 18.6 Å². The lowest BCUT2D eigenvalue weighted by Crippen LogP contribution is -2.28. The summed E-state index contributed by atoms with van der Waals surface area (Å²) in [4.78, 5) is 2.15. The van der Waals surface area contributed by atoms with Crippen molar-refractivity contribution in [3.63, 3.8) is 0 Å². The quantitative estimate of drug-likeness (QED) is 0.914. The van der Waals surface area contributed by atoms with Gasteiger partial charge in [-0.3, -0.25) is 0 Å². The molecule has 0 spiro atoms. The monoisotopic (exact) mass is 281 g/mol. The van der Waals surface area contributed by atoms with Gasteiger partial charge in [-0.05, 0) is 68.5 Å². The van der Waals surface area contributed by atoms with Crippen molar-refractivity contribution in [2.75, 3.05) is 20.7 Å². The number of aliphatic hydroxyl groups is 1. The second-order valence-corrected chi connectivity index (χ2v) is 6.33. The van der Waals surface area contributed by atoms with Crippen molar-refractivity contribution in [1.29, 1.82) is 0 Å². The van der Waals surface area contributed by atoms with Gasteiger partial charge in [0.2, 0.25) is 0 Å². The molecule has 1 aromatic rings. The van der Waals surface area contributed by atoms with Crippen molar-refractivity contribution in [2.45, 2.75) is 38.6 Å². The van der Waals surface area contributed by atoms with Gasteiger partial charge in [-0.25, -0.2) is 0 Å². The summed E-state index contributed by atoms with van der Waals surface area (Å²) in [6.07, 6.45) is 4.85. The zero-order chi connectivity index (χ0) is 14.0. The summed E-state index contributed by atoms with van der Waals surface area (Å²) in [5.41, 5.74) is 4.02. The molecule has 1 N–H and O–H groups in total. The summed E-state index contributed by atoms with van der Waals surface area (Å²) < 4.78 is 0. The normalized spacial score (nSPS) is 18.2. The SMILES string of the molecule is CC(CO)C(c1cc2c(cc1Cl)CCCC2)N(C)C.